The van der Waals surface area contributed by atoms with Crippen molar-refractivity contribution in [2.24, 2.45) is 0 Å². The van der Waals surface area contributed by atoms with Crippen molar-refractivity contribution < 1.29 is 19.1 Å². The van der Waals surface area contributed by atoms with E-state index in [2.05, 4.69) is 5.32 Å². The molecule has 206 valence electrons. The number of hydrogen-bond donors (Lipinski definition) is 2. The standard InChI is InChI=1S/C32H25ClFN3O3S/c33-25-11-5-4-10-24(25)28-20-41-32(36-28)37(29-13-7-6-12-26(29)34)19-22-14-16-23(17-15-22)30(38)35-27(31(39)40)18-21-8-2-1-3-9-21/h1-17,20,27H,18-19H2,(H,35,38)(H,39,40). The molecule has 0 aliphatic rings. The monoisotopic (exact) mass is 585 g/mol. The Kier molecular flexibility index (Phi) is 8.72. The summed E-state index contributed by atoms with van der Waals surface area (Å²) in [5, 5.41) is 15.3. The summed E-state index contributed by atoms with van der Waals surface area (Å²) < 4.78 is 14.9. The first-order valence-corrected chi connectivity index (χ1v) is 14.0. The number of aliphatic carboxylic acids is 1. The lowest BCUT2D eigenvalue weighted by Crippen LogP contribution is -2.42. The largest absolute Gasteiger partial charge is 0.480 e. The number of carboxylic acid groups (broad SMARTS) is 1. The second kappa shape index (κ2) is 12.8. The number of halogens is 2. The van der Waals surface area contributed by atoms with Gasteiger partial charge in [0.05, 0.1) is 17.9 Å². The van der Waals surface area contributed by atoms with Crippen molar-refractivity contribution in [3.63, 3.8) is 0 Å². The van der Waals surface area contributed by atoms with Crippen LogP contribution in [0, 0.1) is 5.82 Å². The van der Waals surface area contributed by atoms with Crippen molar-refractivity contribution >= 4 is 45.6 Å². The molecular formula is C32H25ClFN3O3S. The number of carbonyl (C=O) groups excluding carboxylic acids is 1. The van der Waals surface area contributed by atoms with E-state index in [1.165, 1.54) is 17.4 Å². The van der Waals surface area contributed by atoms with Gasteiger partial charge in [-0.25, -0.2) is 14.2 Å². The van der Waals surface area contributed by atoms with Crippen LogP contribution in [0.15, 0.2) is 109 Å². The molecule has 5 aromatic rings. The minimum absolute atomic E-state index is 0.168. The Hall–Kier alpha value is -4.53. The van der Waals surface area contributed by atoms with E-state index >= 15 is 0 Å². The van der Waals surface area contributed by atoms with Crippen LogP contribution >= 0.6 is 22.9 Å². The molecule has 0 radical (unpaired) electrons. The van der Waals surface area contributed by atoms with Crippen LogP contribution in [0.2, 0.25) is 5.02 Å². The summed E-state index contributed by atoms with van der Waals surface area (Å²) in [5.41, 5.74) is 3.77. The number of rotatable bonds is 10. The Morgan fingerprint density at radius 1 is 0.902 bits per heavy atom. The second-order valence-corrected chi connectivity index (χ2v) is 10.5. The van der Waals surface area contributed by atoms with E-state index in [0.29, 0.717) is 27.1 Å². The van der Waals surface area contributed by atoms with Crippen molar-refractivity contribution in [1.82, 2.24) is 10.3 Å². The first kappa shape index (κ1) is 28.0. The van der Waals surface area contributed by atoms with E-state index in [9.17, 15) is 19.1 Å². The van der Waals surface area contributed by atoms with E-state index in [0.717, 1.165) is 16.7 Å². The van der Waals surface area contributed by atoms with Crippen LogP contribution < -0.4 is 10.2 Å². The van der Waals surface area contributed by atoms with Gasteiger partial charge in [0, 0.05) is 28.0 Å². The van der Waals surface area contributed by atoms with Gasteiger partial charge in [-0.05, 0) is 41.5 Å². The summed E-state index contributed by atoms with van der Waals surface area (Å²) in [6, 6.07) is 28.7. The first-order chi connectivity index (χ1) is 19.9. The molecule has 41 heavy (non-hydrogen) atoms. The lowest BCUT2D eigenvalue weighted by molar-refractivity contribution is -0.139. The Labute approximate surface area is 245 Å². The predicted octanol–water partition coefficient (Wildman–Crippen LogP) is 7.37. The molecule has 0 bridgehead atoms. The van der Waals surface area contributed by atoms with E-state index in [-0.39, 0.29) is 13.0 Å². The summed E-state index contributed by atoms with van der Waals surface area (Å²) in [4.78, 5) is 31.2. The van der Waals surface area contributed by atoms with Gasteiger partial charge in [0.15, 0.2) is 5.13 Å². The molecule has 1 heterocycles. The second-order valence-electron chi connectivity index (χ2n) is 9.28. The van der Waals surface area contributed by atoms with Crippen molar-refractivity contribution in [3.8, 4) is 11.3 Å². The molecule has 1 atom stereocenters. The summed E-state index contributed by atoms with van der Waals surface area (Å²) in [7, 11) is 0. The molecule has 0 fully saturated rings. The van der Waals surface area contributed by atoms with Crippen LogP contribution in [0.3, 0.4) is 0 Å². The molecule has 6 nitrogen and oxygen atoms in total. The van der Waals surface area contributed by atoms with Gasteiger partial charge in [-0.3, -0.25) is 4.79 Å². The summed E-state index contributed by atoms with van der Waals surface area (Å²) in [6.07, 6.45) is 0.168. The number of nitrogens with one attached hydrogen (secondary N) is 1. The fourth-order valence-electron chi connectivity index (χ4n) is 4.34. The van der Waals surface area contributed by atoms with Crippen molar-refractivity contribution in [2.45, 2.75) is 19.0 Å². The molecule has 1 amide bonds. The number of para-hydroxylation sites is 1. The zero-order valence-electron chi connectivity index (χ0n) is 21.7. The number of benzene rings is 4. The van der Waals surface area contributed by atoms with Crippen LogP contribution in [-0.4, -0.2) is 28.0 Å². The molecular weight excluding hydrogens is 561 g/mol. The van der Waals surface area contributed by atoms with Crippen LogP contribution in [0.25, 0.3) is 11.3 Å². The number of amides is 1. The van der Waals surface area contributed by atoms with Gasteiger partial charge in [0.2, 0.25) is 0 Å². The highest BCUT2D eigenvalue weighted by atomic mass is 35.5. The molecule has 0 saturated heterocycles. The number of carboxylic acids is 1. The SMILES string of the molecule is O=C(NC(Cc1ccccc1)C(=O)O)c1ccc(CN(c2nc(-c3ccccc3Cl)cs2)c2ccccc2F)cc1. The maximum Gasteiger partial charge on any atom is 0.326 e. The molecule has 1 aromatic heterocycles. The van der Waals surface area contributed by atoms with Crippen molar-refractivity contribution in [2.75, 3.05) is 4.90 Å². The molecule has 2 N–H and O–H groups in total. The van der Waals surface area contributed by atoms with Gasteiger partial charge in [-0.1, -0.05) is 84.4 Å². The fourth-order valence-corrected chi connectivity index (χ4v) is 5.41. The number of anilines is 2. The Morgan fingerprint density at radius 3 is 2.29 bits per heavy atom. The molecule has 5 rings (SSSR count). The maximum absolute atomic E-state index is 14.9. The van der Waals surface area contributed by atoms with Crippen LogP contribution in [-0.2, 0) is 17.8 Å². The third kappa shape index (κ3) is 6.80. The first-order valence-electron chi connectivity index (χ1n) is 12.8. The minimum Gasteiger partial charge on any atom is -0.480 e. The highest BCUT2D eigenvalue weighted by Gasteiger charge is 2.22. The topological polar surface area (TPSA) is 82.5 Å². The predicted molar refractivity (Wildman–Crippen MR) is 160 cm³/mol. The normalized spacial score (nSPS) is 11.6. The number of hydrogen-bond acceptors (Lipinski definition) is 5. The summed E-state index contributed by atoms with van der Waals surface area (Å²) in [6.45, 7) is 0.282. The van der Waals surface area contributed by atoms with Gasteiger partial charge in [-0.15, -0.1) is 11.3 Å². The summed E-state index contributed by atoms with van der Waals surface area (Å²) in [5.74, 6) is -2.00. The van der Waals surface area contributed by atoms with Gasteiger partial charge in [0.1, 0.15) is 11.9 Å². The highest BCUT2D eigenvalue weighted by Crippen LogP contribution is 2.36. The Bertz CT molecular complexity index is 1660. The van der Waals surface area contributed by atoms with Gasteiger partial charge in [0.25, 0.3) is 5.91 Å². The molecule has 1 unspecified atom stereocenters. The number of thiazole rings is 1. The molecule has 4 aromatic carbocycles. The number of carbonyl (C=O) groups is 2. The van der Waals surface area contributed by atoms with Gasteiger partial charge in [-0.2, -0.15) is 0 Å². The average molecular weight is 586 g/mol. The fraction of sp³-hybridized carbons (Fsp3) is 0.0938. The van der Waals surface area contributed by atoms with Crippen molar-refractivity contribution in [1.29, 1.82) is 0 Å². The Morgan fingerprint density at radius 2 is 1.59 bits per heavy atom. The van der Waals surface area contributed by atoms with Crippen LogP contribution in [0.5, 0.6) is 0 Å². The van der Waals surface area contributed by atoms with Crippen LogP contribution in [0.4, 0.5) is 15.2 Å². The highest BCUT2D eigenvalue weighted by molar-refractivity contribution is 7.14. The van der Waals surface area contributed by atoms with Gasteiger partial charge < -0.3 is 15.3 Å². The van der Waals surface area contributed by atoms with E-state index < -0.39 is 23.7 Å². The van der Waals surface area contributed by atoms with E-state index in [4.69, 9.17) is 16.6 Å². The van der Waals surface area contributed by atoms with Crippen molar-refractivity contribution in [3.05, 3.63) is 136 Å². The molecule has 9 heteroatoms. The van der Waals surface area contributed by atoms with Crippen LogP contribution in [0.1, 0.15) is 21.5 Å². The maximum atomic E-state index is 14.9. The smallest absolute Gasteiger partial charge is 0.326 e. The zero-order valence-corrected chi connectivity index (χ0v) is 23.3. The quantitative estimate of drug-likeness (QED) is 0.179. The van der Waals surface area contributed by atoms with E-state index in [1.807, 2.05) is 53.9 Å². The lowest BCUT2D eigenvalue weighted by atomic mass is 10.1. The number of nitrogens with zero attached hydrogens (tertiary/aromatic N) is 2. The van der Waals surface area contributed by atoms with E-state index in [1.54, 1.807) is 53.4 Å². The molecule has 0 aliphatic heterocycles. The lowest BCUT2D eigenvalue weighted by Gasteiger charge is -2.23. The Balaban J connectivity index is 1.36. The minimum atomic E-state index is -1.11. The zero-order chi connectivity index (χ0) is 28.8. The third-order valence-electron chi connectivity index (χ3n) is 6.46. The van der Waals surface area contributed by atoms with Gasteiger partial charge >= 0.3 is 5.97 Å². The molecule has 0 saturated carbocycles. The number of aromatic nitrogens is 1. The molecule has 0 spiro atoms. The summed E-state index contributed by atoms with van der Waals surface area (Å²) >= 11 is 7.75. The molecule has 0 aliphatic carbocycles. The average Bonchev–Trinajstić information content (AvgIpc) is 3.47. The third-order valence-corrected chi connectivity index (χ3v) is 7.65.